The molecular formula is C21H19N7O. The van der Waals surface area contributed by atoms with Gasteiger partial charge in [-0.2, -0.15) is 5.10 Å². The van der Waals surface area contributed by atoms with Crippen molar-refractivity contribution in [2.75, 3.05) is 18.0 Å². The number of nitrogens with one attached hydrogen (secondary N) is 1. The first kappa shape index (κ1) is 17.3. The van der Waals surface area contributed by atoms with Crippen LogP contribution in [-0.4, -0.2) is 49.6 Å². The van der Waals surface area contributed by atoms with Gasteiger partial charge in [-0.25, -0.2) is 14.5 Å². The number of pyridine rings is 2. The third kappa shape index (κ3) is 3.40. The molecule has 1 aliphatic rings. The molecule has 1 atom stereocenters. The molecule has 0 saturated carbocycles. The molecule has 4 aromatic heterocycles. The van der Waals surface area contributed by atoms with Crippen molar-refractivity contribution in [1.82, 2.24) is 29.9 Å². The van der Waals surface area contributed by atoms with E-state index in [1.165, 1.54) is 0 Å². The highest BCUT2D eigenvalue weighted by Gasteiger charge is 2.26. The van der Waals surface area contributed by atoms with Gasteiger partial charge in [-0.1, -0.05) is 6.07 Å². The SMILES string of the molecule is O=C(NC1CCN(c2nccc(-c3cccnc3)n2)C1)c1cccc2ccnn12. The average molecular weight is 385 g/mol. The van der Waals surface area contributed by atoms with E-state index in [0.717, 1.165) is 29.7 Å². The summed E-state index contributed by atoms with van der Waals surface area (Å²) in [7, 11) is 0. The van der Waals surface area contributed by atoms with E-state index in [9.17, 15) is 4.79 Å². The molecule has 4 aromatic rings. The van der Waals surface area contributed by atoms with Crippen LogP contribution in [0.25, 0.3) is 16.8 Å². The normalized spacial score (nSPS) is 16.3. The van der Waals surface area contributed by atoms with Gasteiger partial charge in [0.05, 0.1) is 17.4 Å². The molecule has 1 fully saturated rings. The number of hydrogen-bond donors (Lipinski definition) is 1. The smallest absolute Gasteiger partial charge is 0.270 e. The summed E-state index contributed by atoms with van der Waals surface area (Å²) in [6.07, 6.45) is 7.81. The zero-order valence-electron chi connectivity index (χ0n) is 15.6. The van der Waals surface area contributed by atoms with Gasteiger partial charge < -0.3 is 10.2 Å². The number of rotatable bonds is 4. The van der Waals surface area contributed by atoms with E-state index in [2.05, 4.69) is 30.3 Å². The lowest BCUT2D eigenvalue weighted by molar-refractivity contribution is 0.0933. The summed E-state index contributed by atoms with van der Waals surface area (Å²) in [6, 6.07) is 13.2. The summed E-state index contributed by atoms with van der Waals surface area (Å²) < 4.78 is 1.66. The summed E-state index contributed by atoms with van der Waals surface area (Å²) >= 11 is 0. The Hall–Kier alpha value is -3.81. The Morgan fingerprint density at radius 3 is 2.93 bits per heavy atom. The predicted octanol–water partition coefficient (Wildman–Crippen LogP) is 2.19. The van der Waals surface area contributed by atoms with Crippen LogP contribution in [0.1, 0.15) is 16.9 Å². The van der Waals surface area contributed by atoms with Gasteiger partial charge in [0.2, 0.25) is 5.95 Å². The van der Waals surface area contributed by atoms with Crippen LogP contribution in [0, 0.1) is 0 Å². The molecule has 1 amide bonds. The molecule has 0 bridgehead atoms. The molecule has 8 heteroatoms. The highest BCUT2D eigenvalue weighted by Crippen LogP contribution is 2.21. The Balaban J connectivity index is 1.29. The fourth-order valence-corrected chi connectivity index (χ4v) is 3.62. The largest absolute Gasteiger partial charge is 0.346 e. The molecule has 5 heterocycles. The number of amides is 1. The van der Waals surface area contributed by atoms with Crippen molar-refractivity contribution >= 4 is 17.4 Å². The first-order chi connectivity index (χ1) is 14.3. The van der Waals surface area contributed by atoms with Crippen LogP contribution in [0.5, 0.6) is 0 Å². The van der Waals surface area contributed by atoms with E-state index in [-0.39, 0.29) is 11.9 Å². The van der Waals surface area contributed by atoms with Crippen molar-refractivity contribution in [3.05, 3.63) is 72.9 Å². The Morgan fingerprint density at radius 2 is 2.03 bits per heavy atom. The molecule has 0 aliphatic carbocycles. The second-order valence-corrected chi connectivity index (χ2v) is 6.97. The minimum Gasteiger partial charge on any atom is -0.346 e. The monoisotopic (exact) mass is 385 g/mol. The summed E-state index contributed by atoms with van der Waals surface area (Å²) in [5, 5.41) is 7.35. The molecule has 1 N–H and O–H groups in total. The first-order valence-corrected chi connectivity index (χ1v) is 9.50. The van der Waals surface area contributed by atoms with Crippen molar-refractivity contribution in [1.29, 1.82) is 0 Å². The van der Waals surface area contributed by atoms with E-state index < -0.39 is 0 Å². The maximum absolute atomic E-state index is 12.8. The number of fused-ring (bicyclic) bond motifs is 1. The molecule has 1 aliphatic heterocycles. The molecule has 5 rings (SSSR count). The van der Waals surface area contributed by atoms with Gasteiger partial charge in [-0.15, -0.1) is 0 Å². The fraction of sp³-hybridized carbons (Fsp3) is 0.190. The highest BCUT2D eigenvalue weighted by molar-refractivity contribution is 5.93. The summed E-state index contributed by atoms with van der Waals surface area (Å²) in [5.41, 5.74) is 3.21. The number of anilines is 1. The third-order valence-electron chi connectivity index (χ3n) is 5.06. The van der Waals surface area contributed by atoms with E-state index in [1.807, 2.05) is 36.4 Å². The van der Waals surface area contributed by atoms with E-state index in [0.29, 0.717) is 18.2 Å². The summed E-state index contributed by atoms with van der Waals surface area (Å²) in [6.45, 7) is 1.45. The molecule has 1 saturated heterocycles. The number of carbonyl (C=O) groups is 1. The van der Waals surface area contributed by atoms with E-state index >= 15 is 0 Å². The van der Waals surface area contributed by atoms with Crippen LogP contribution in [0.4, 0.5) is 5.95 Å². The van der Waals surface area contributed by atoms with Crippen molar-refractivity contribution in [3.8, 4) is 11.3 Å². The third-order valence-corrected chi connectivity index (χ3v) is 5.06. The molecule has 29 heavy (non-hydrogen) atoms. The van der Waals surface area contributed by atoms with Gasteiger partial charge in [-0.05, 0) is 42.8 Å². The molecule has 144 valence electrons. The van der Waals surface area contributed by atoms with Gasteiger partial charge in [0.1, 0.15) is 5.69 Å². The molecule has 1 unspecified atom stereocenters. The van der Waals surface area contributed by atoms with Gasteiger partial charge in [0.25, 0.3) is 5.91 Å². The second-order valence-electron chi connectivity index (χ2n) is 6.97. The first-order valence-electron chi connectivity index (χ1n) is 9.50. The van der Waals surface area contributed by atoms with Crippen molar-refractivity contribution in [2.24, 2.45) is 0 Å². The van der Waals surface area contributed by atoms with Gasteiger partial charge in [-0.3, -0.25) is 9.78 Å². The van der Waals surface area contributed by atoms with E-state index in [4.69, 9.17) is 0 Å². The Bertz CT molecular complexity index is 1160. The zero-order valence-corrected chi connectivity index (χ0v) is 15.6. The van der Waals surface area contributed by atoms with Crippen LogP contribution < -0.4 is 10.2 Å². The lowest BCUT2D eigenvalue weighted by atomic mass is 10.2. The van der Waals surface area contributed by atoms with E-state index in [1.54, 1.807) is 35.4 Å². The Labute approximate surface area is 167 Å². The minimum atomic E-state index is -0.129. The van der Waals surface area contributed by atoms with Gasteiger partial charge in [0.15, 0.2) is 0 Å². The Morgan fingerprint density at radius 1 is 1.07 bits per heavy atom. The maximum atomic E-state index is 12.8. The minimum absolute atomic E-state index is 0.0268. The lowest BCUT2D eigenvalue weighted by Crippen LogP contribution is -2.38. The number of aromatic nitrogens is 5. The average Bonchev–Trinajstić information content (AvgIpc) is 3.44. The topological polar surface area (TPSA) is 88.3 Å². The second kappa shape index (κ2) is 7.31. The highest BCUT2D eigenvalue weighted by atomic mass is 16.2. The van der Waals surface area contributed by atoms with Crippen LogP contribution >= 0.6 is 0 Å². The Kier molecular flexibility index (Phi) is 4.36. The van der Waals surface area contributed by atoms with Crippen molar-refractivity contribution in [2.45, 2.75) is 12.5 Å². The van der Waals surface area contributed by atoms with Crippen LogP contribution in [0.3, 0.4) is 0 Å². The number of carbonyl (C=O) groups excluding carboxylic acids is 1. The standard InChI is InChI=1S/C21H19N7O/c29-20(19-5-1-4-17-6-11-24-28(17)19)25-16-8-12-27(14-16)21-23-10-7-18(26-21)15-3-2-9-22-13-15/h1-7,9-11,13,16H,8,12,14H2,(H,25,29). The van der Waals surface area contributed by atoms with Gasteiger partial charge >= 0.3 is 0 Å². The fourth-order valence-electron chi connectivity index (χ4n) is 3.62. The van der Waals surface area contributed by atoms with Crippen LogP contribution in [0.15, 0.2) is 67.3 Å². The quantitative estimate of drug-likeness (QED) is 0.579. The molecular weight excluding hydrogens is 366 g/mol. The number of hydrogen-bond acceptors (Lipinski definition) is 6. The molecule has 8 nitrogen and oxygen atoms in total. The summed E-state index contributed by atoms with van der Waals surface area (Å²) in [4.78, 5) is 28.1. The molecule has 0 aromatic carbocycles. The van der Waals surface area contributed by atoms with Crippen molar-refractivity contribution in [3.63, 3.8) is 0 Å². The molecule has 0 spiro atoms. The summed E-state index contributed by atoms with van der Waals surface area (Å²) in [5.74, 6) is 0.536. The lowest BCUT2D eigenvalue weighted by Gasteiger charge is -2.17. The van der Waals surface area contributed by atoms with Gasteiger partial charge in [0, 0.05) is 43.3 Å². The zero-order chi connectivity index (χ0) is 19.6. The maximum Gasteiger partial charge on any atom is 0.270 e. The van der Waals surface area contributed by atoms with Crippen LogP contribution in [-0.2, 0) is 0 Å². The van der Waals surface area contributed by atoms with Crippen LogP contribution in [0.2, 0.25) is 0 Å². The predicted molar refractivity (Wildman–Crippen MR) is 109 cm³/mol. The number of nitrogens with zero attached hydrogens (tertiary/aromatic N) is 6. The molecule has 0 radical (unpaired) electrons. The van der Waals surface area contributed by atoms with Crippen molar-refractivity contribution < 1.29 is 4.79 Å².